The summed E-state index contributed by atoms with van der Waals surface area (Å²) in [5.74, 6) is 1.63. The monoisotopic (exact) mass is 944 g/mol. The Bertz CT molecular complexity index is 3710. The molecule has 2 aromatic heterocycles. The minimum atomic E-state index is 0.153. The molecule has 0 fully saturated rings. The molecule has 0 saturated carbocycles. The summed E-state index contributed by atoms with van der Waals surface area (Å²) in [6, 6.07) is 92.6. The van der Waals surface area contributed by atoms with E-state index < -0.39 is 0 Å². The maximum absolute atomic E-state index is 12.6. The van der Waals surface area contributed by atoms with Gasteiger partial charge in [-0.2, -0.15) is 9.36 Å². The molecule has 0 bridgehead atoms. The zero-order chi connectivity index (χ0) is 49.4. The highest BCUT2D eigenvalue weighted by atomic mass is 16.1. The molecule has 0 saturated heterocycles. The van der Waals surface area contributed by atoms with E-state index >= 15 is 0 Å². The molecule has 9 heteroatoms. The molecule has 0 spiro atoms. The van der Waals surface area contributed by atoms with Gasteiger partial charge < -0.3 is 0 Å². The highest BCUT2D eigenvalue weighted by Crippen LogP contribution is 2.32. The minimum Gasteiger partial charge on any atom is -0.294 e. The van der Waals surface area contributed by atoms with Crippen LogP contribution in [-0.2, 0) is 6.42 Å². The SMILES string of the molecule is O=C(Cc1ccccc1)c1ccccc1-c1ccccc1.c1ccc(-c2ccccc2-c2nnnn2-c2ccccc2)cc1.c1ccc(N=C(c2ccccc2-c2ccccc2)n2nnc3ccccc32)cc1. The Morgan fingerprint density at radius 1 is 0.397 bits per heavy atom. The molecule has 0 amide bonds. The van der Waals surface area contributed by atoms with Gasteiger partial charge in [-0.15, -0.1) is 10.2 Å². The van der Waals surface area contributed by atoms with Crippen LogP contribution in [-0.4, -0.2) is 46.8 Å². The number of carbonyl (C=O) groups excluding carboxylic acids is 1. The van der Waals surface area contributed by atoms with Crippen LogP contribution < -0.4 is 0 Å². The smallest absolute Gasteiger partial charge is 0.187 e. The van der Waals surface area contributed by atoms with E-state index in [2.05, 4.69) is 68.3 Å². The summed E-state index contributed by atoms with van der Waals surface area (Å²) in [5.41, 5.74) is 14.0. The molecule has 9 nitrogen and oxygen atoms in total. The number of para-hydroxylation sites is 3. The van der Waals surface area contributed by atoms with Gasteiger partial charge in [0.25, 0.3) is 0 Å². The van der Waals surface area contributed by atoms with Gasteiger partial charge in [-0.3, -0.25) is 4.79 Å². The fraction of sp³-hybridized carbons (Fsp3) is 0.0156. The summed E-state index contributed by atoms with van der Waals surface area (Å²) < 4.78 is 3.59. The molecule has 0 aliphatic heterocycles. The number of tetrazole rings is 1. The van der Waals surface area contributed by atoms with Crippen molar-refractivity contribution in [3.63, 3.8) is 0 Å². The molecular formula is C64H48N8O. The predicted molar refractivity (Wildman–Crippen MR) is 294 cm³/mol. The molecule has 0 aliphatic carbocycles. The van der Waals surface area contributed by atoms with Crippen LogP contribution in [0.3, 0.4) is 0 Å². The second-order valence-corrected chi connectivity index (χ2v) is 16.8. The standard InChI is InChI=1S/C25H18N4.C20H16O.C19H14N4/c1-3-11-19(12-4-1)21-15-7-8-16-22(21)25(26-20-13-5-2-6-14-20)29-24-18-10-9-17-23(24)27-28-29;21-20(15-16-9-3-1-4-10-16)19-14-8-7-13-18(19)17-11-5-2-6-12-17;1-3-9-15(10-4-1)17-13-7-8-14-18(17)19-20-21-22-23(19)16-11-5-2-6-12-16/h1-18H;1-14H,15H2;1-14H. The Hall–Kier alpha value is -9.99. The van der Waals surface area contributed by atoms with Gasteiger partial charge in [0, 0.05) is 23.1 Å². The van der Waals surface area contributed by atoms with E-state index in [1.54, 1.807) is 4.68 Å². The Morgan fingerprint density at radius 2 is 0.849 bits per heavy atom. The first-order valence-corrected chi connectivity index (χ1v) is 24.0. The number of rotatable bonds is 10. The van der Waals surface area contributed by atoms with Crippen LogP contribution in [0.5, 0.6) is 0 Å². The summed E-state index contributed by atoms with van der Waals surface area (Å²) in [6.07, 6.45) is 0.435. The molecule has 12 aromatic rings. The van der Waals surface area contributed by atoms with Gasteiger partial charge in [-0.05, 0) is 85.8 Å². The second-order valence-electron chi connectivity index (χ2n) is 16.8. The molecule has 73 heavy (non-hydrogen) atoms. The van der Waals surface area contributed by atoms with Crippen LogP contribution in [0.2, 0.25) is 0 Å². The average molecular weight is 945 g/mol. The number of benzene rings is 10. The molecule has 350 valence electrons. The van der Waals surface area contributed by atoms with Crippen molar-refractivity contribution in [3.05, 3.63) is 296 Å². The van der Waals surface area contributed by atoms with Crippen molar-refractivity contribution in [1.29, 1.82) is 0 Å². The Labute approximate surface area is 424 Å². The van der Waals surface area contributed by atoms with Gasteiger partial charge in [0.2, 0.25) is 0 Å². The average Bonchev–Trinajstić information content (AvgIpc) is 4.15. The highest BCUT2D eigenvalue weighted by Gasteiger charge is 2.18. The summed E-state index contributed by atoms with van der Waals surface area (Å²) in [7, 11) is 0. The topological polar surface area (TPSA) is 104 Å². The molecular weight excluding hydrogens is 897 g/mol. The van der Waals surface area contributed by atoms with E-state index in [0.717, 1.165) is 89.7 Å². The zero-order valence-corrected chi connectivity index (χ0v) is 39.8. The van der Waals surface area contributed by atoms with Crippen molar-refractivity contribution < 1.29 is 4.79 Å². The molecule has 0 atom stereocenters. The number of ketones is 1. The third-order valence-corrected chi connectivity index (χ3v) is 12.0. The quantitative estimate of drug-likeness (QED) is 0.0768. The maximum atomic E-state index is 12.6. The third-order valence-electron chi connectivity index (χ3n) is 12.0. The number of hydrogen-bond acceptors (Lipinski definition) is 7. The van der Waals surface area contributed by atoms with Crippen LogP contribution in [0.1, 0.15) is 21.5 Å². The number of nitrogens with zero attached hydrogens (tertiary/aromatic N) is 8. The number of aliphatic imine (C=N–C) groups is 1. The van der Waals surface area contributed by atoms with E-state index in [4.69, 9.17) is 4.99 Å². The number of aromatic nitrogens is 7. The Balaban J connectivity index is 0.000000128. The van der Waals surface area contributed by atoms with E-state index in [-0.39, 0.29) is 5.78 Å². The van der Waals surface area contributed by atoms with Gasteiger partial charge in [0.05, 0.1) is 16.9 Å². The van der Waals surface area contributed by atoms with Crippen molar-refractivity contribution in [2.24, 2.45) is 4.99 Å². The number of fused-ring (bicyclic) bond motifs is 1. The fourth-order valence-corrected chi connectivity index (χ4v) is 8.54. The summed E-state index contributed by atoms with van der Waals surface area (Å²) in [4.78, 5) is 17.6. The third kappa shape index (κ3) is 11.2. The van der Waals surface area contributed by atoms with Gasteiger partial charge in [0.15, 0.2) is 17.4 Å². The molecule has 0 unspecified atom stereocenters. The first kappa shape index (κ1) is 46.7. The van der Waals surface area contributed by atoms with Gasteiger partial charge in [-0.25, -0.2) is 4.99 Å². The molecule has 0 radical (unpaired) electrons. The van der Waals surface area contributed by atoms with Crippen molar-refractivity contribution in [1.82, 2.24) is 35.2 Å². The largest absolute Gasteiger partial charge is 0.294 e. The van der Waals surface area contributed by atoms with Gasteiger partial charge in [-0.1, -0.05) is 248 Å². The normalized spacial score (nSPS) is 10.9. The van der Waals surface area contributed by atoms with E-state index in [1.807, 2.05) is 241 Å². The van der Waals surface area contributed by atoms with E-state index in [9.17, 15) is 4.79 Å². The number of carbonyl (C=O) groups is 1. The van der Waals surface area contributed by atoms with E-state index in [0.29, 0.717) is 6.42 Å². The van der Waals surface area contributed by atoms with Crippen LogP contribution >= 0.6 is 0 Å². The van der Waals surface area contributed by atoms with Crippen LogP contribution in [0.15, 0.2) is 284 Å². The van der Waals surface area contributed by atoms with Crippen molar-refractivity contribution in [3.8, 4) is 50.5 Å². The lowest BCUT2D eigenvalue weighted by Crippen LogP contribution is -2.16. The number of Topliss-reactive ketones (excluding diaryl/α,β-unsaturated/α-hetero) is 1. The first-order chi connectivity index (χ1) is 36.2. The highest BCUT2D eigenvalue weighted by molar-refractivity contribution is 6.09. The van der Waals surface area contributed by atoms with Crippen molar-refractivity contribution in [2.45, 2.75) is 6.42 Å². The molecule has 0 aliphatic rings. The fourth-order valence-electron chi connectivity index (χ4n) is 8.54. The van der Waals surface area contributed by atoms with Crippen molar-refractivity contribution >= 4 is 28.3 Å². The van der Waals surface area contributed by atoms with Crippen LogP contribution in [0, 0.1) is 0 Å². The summed E-state index contributed by atoms with van der Waals surface area (Å²) >= 11 is 0. The molecule has 0 N–H and O–H groups in total. The maximum Gasteiger partial charge on any atom is 0.187 e. The zero-order valence-electron chi connectivity index (χ0n) is 39.8. The van der Waals surface area contributed by atoms with Gasteiger partial charge in [0.1, 0.15) is 5.52 Å². The lowest BCUT2D eigenvalue weighted by atomic mass is 9.94. The lowest BCUT2D eigenvalue weighted by Gasteiger charge is -2.13. The summed E-state index contributed by atoms with van der Waals surface area (Å²) in [5, 5.41) is 21.1. The minimum absolute atomic E-state index is 0.153. The van der Waals surface area contributed by atoms with Crippen molar-refractivity contribution in [2.75, 3.05) is 0 Å². The Morgan fingerprint density at radius 3 is 1.47 bits per heavy atom. The molecule has 10 aromatic carbocycles. The predicted octanol–water partition coefficient (Wildman–Crippen LogP) is 14.5. The molecule has 12 rings (SSSR count). The van der Waals surface area contributed by atoms with E-state index in [1.165, 1.54) is 0 Å². The van der Waals surface area contributed by atoms with Crippen LogP contribution in [0.25, 0.3) is 61.5 Å². The first-order valence-electron chi connectivity index (χ1n) is 24.0. The van der Waals surface area contributed by atoms with Crippen LogP contribution in [0.4, 0.5) is 5.69 Å². The lowest BCUT2D eigenvalue weighted by molar-refractivity contribution is 0.0993. The Kier molecular flexibility index (Phi) is 14.8. The summed E-state index contributed by atoms with van der Waals surface area (Å²) in [6.45, 7) is 0. The second kappa shape index (κ2) is 23.1. The number of hydrogen-bond donors (Lipinski definition) is 0. The molecule has 2 heterocycles. The van der Waals surface area contributed by atoms with Gasteiger partial charge >= 0.3 is 0 Å².